The van der Waals surface area contributed by atoms with Crippen LogP contribution in [0.25, 0.3) is 17.0 Å². The second-order valence-electron chi connectivity index (χ2n) is 7.63. The van der Waals surface area contributed by atoms with Gasteiger partial charge in [0.1, 0.15) is 0 Å². The second kappa shape index (κ2) is 8.69. The minimum absolute atomic E-state index is 0.139. The molecule has 0 saturated carbocycles. The third-order valence-electron chi connectivity index (χ3n) is 5.33. The Bertz CT molecular complexity index is 1390. The van der Waals surface area contributed by atoms with Crippen molar-refractivity contribution in [2.24, 2.45) is 4.99 Å². The molecule has 5 rings (SSSR count). The van der Waals surface area contributed by atoms with Crippen LogP contribution in [0.5, 0.6) is 0 Å². The van der Waals surface area contributed by atoms with E-state index in [9.17, 15) is 4.79 Å². The summed E-state index contributed by atoms with van der Waals surface area (Å²) >= 11 is 7.39. The van der Waals surface area contributed by atoms with Crippen LogP contribution in [0.1, 0.15) is 16.7 Å². The lowest BCUT2D eigenvalue weighted by molar-refractivity contribution is -0.115. The molecule has 32 heavy (non-hydrogen) atoms. The highest BCUT2D eigenvalue weighted by Crippen LogP contribution is 2.32. The van der Waals surface area contributed by atoms with E-state index in [4.69, 9.17) is 11.6 Å². The Balaban J connectivity index is 1.47. The van der Waals surface area contributed by atoms with E-state index >= 15 is 0 Å². The van der Waals surface area contributed by atoms with Gasteiger partial charge in [0.25, 0.3) is 5.91 Å². The fraction of sp³-hybridized carbons (Fsp3) is 0.0769. The third-order valence-corrected chi connectivity index (χ3v) is 6.48. The van der Waals surface area contributed by atoms with E-state index in [0.29, 0.717) is 15.1 Å². The molecule has 0 radical (unpaired) electrons. The number of hydrogen-bond donors (Lipinski definition) is 1. The maximum Gasteiger partial charge on any atom is 0.264 e. The van der Waals surface area contributed by atoms with Crippen molar-refractivity contribution in [1.82, 2.24) is 9.88 Å². The van der Waals surface area contributed by atoms with Crippen molar-refractivity contribution in [2.45, 2.75) is 13.5 Å². The van der Waals surface area contributed by atoms with E-state index in [1.807, 2.05) is 55.5 Å². The number of hydrogen-bond acceptors (Lipinski definition) is 3. The topological polar surface area (TPSA) is 46.4 Å². The molecule has 0 spiro atoms. The van der Waals surface area contributed by atoms with Crippen LogP contribution in [0, 0.1) is 6.92 Å². The molecule has 1 fully saturated rings. The maximum absolute atomic E-state index is 12.6. The number of aryl methyl sites for hydroxylation is 1. The van der Waals surface area contributed by atoms with Crippen LogP contribution in [-0.4, -0.2) is 15.6 Å². The van der Waals surface area contributed by atoms with E-state index in [1.54, 1.807) is 6.07 Å². The van der Waals surface area contributed by atoms with Crippen LogP contribution < -0.4 is 5.32 Å². The number of nitrogens with zero attached hydrogens (tertiary/aromatic N) is 2. The van der Waals surface area contributed by atoms with Crippen LogP contribution in [-0.2, 0) is 11.3 Å². The standard InChI is InChI=1S/C26H20ClN3OS/c1-17-13-20(27)11-12-22(17)28-26-29-25(31)24(32-26)14-19-16-30(15-18-7-3-2-4-8-18)23-10-6-5-9-21(19)23/h2-14,16H,15H2,1H3,(H,28,29,31)/b24-14-. The number of aliphatic imine (C=N–C) groups is 1. The fourth-order valence-corrected chi connectivity index (χ4v) is 4.83. The average molecular weight is 458 g/mol. The number of benzene rings is 3. The largest absolute Gasteiger partial charge is 0.342 e. The van der Waals surface area contributed by atoms with Crippen molar-refractivity contribution >= 4 is 57.1 Å². The van der Waals surface area contributed by atoms with Crippen LogP contribution in [0.3, 0.4) is 0 Å². The molecule has 1 aromatic heterocycles. The minimum Gasteiger partial charge on any atom is -0.342 e. The van der Waals surface area contributed by atoms with E-state index in [2.05, 4.69) is 45.3 Å². The summed E-state index contributed by atoms with van der Waals surface area (Å²) in [4.78, 5) is 17.9. The number of thioether (sulfide) groups is 1. The Labute approximate surface area is 195 Å². The Hall–Kier alpha value is -3.28. The highest BCUT2D eigenvalue weighted by molar-refractivity contribution is 8.18. The van der Waals surface area contributed by atoms with Crippen LogP contribution >= 0.6 is 23.4 Å². The van der Waals surface area contributed by atoms with Gasteiger partial charge in [-0.05, 0) is 60.2 Å². The van der Waals surface area contributed by atoms with Crippen molar-refractivity contribution in [2.75, 3.05) is 0 Å². The van der Waals surface area contributed by atoms with E-state index in [1.165, 1.54) is 17.3 Å². The second-order valence-corrected chi connectivity index (χ2v) is 9.09. The summed E-state index contributed by atoms with van der Waals surface area (Å²) in [6.45, 7) is 2.72. The first kappa shape index (κ1) is 20.6. The first-order chi connectivity index (χ1) is 15.6. The Morgan fingerprint density at radius 2 is 1.84 bits per heavy atom. The summed E-state index contributed by atoms with van der Waals surface area (Å²) in [7, 11) is 0. The number of fused-ring (bicyclic) bond motifs is 1. The van der Waals surface area contributed by atoms with Crippen LogP contribution in [0.2, 0.25) is 5.02 Å². The molecule has 158 valence electrons. The average Bonchev–Trinajstić information content (AvgIpc) is 3.31. The predicted molar refractivity (Wildman–Crippen MR) is 134 cm³/mol. The summed E-state index contributed by atoms with van der Waals surface area (Å²) in [5.41, 5.74) is 5.13. The van der Waals surface area contributed by atoms with Crippen LogP contribution in [0.4, 0.5) is 5.69 Å². The zero-order valence-electron chi connectivity index (χ0n) is 17.4. The van der Waals surface area contributed by atoms with E-state index in [-0.39, 0.29) is 5.91 Å². The maximum atomic E-state index is 12.6. The highest BCUT2D eigenvalue weighted by atomic mass is 35.5. The van der Waals surface area contributed by atoms with Gasteiger partial charge in [-0.25, -0.2) is 4.99 Å². The summed E-state index contributed by atoms with van der Waals surface area (Å²) in [5, 5.41) is 5.23. The number of nitrogens with one attached hydrogen (secondary N) is 1. The molecule has 0 atom stereocenters. The predicted octanol–water partition coefficient (Wildman–Crippen LogP) is 6.54. The van der Waals surface area contributed by atoms with Gasteiger partial charge in [-0.15, -0.1) is 0 Å². The van der Waals surface area contributed by atoms with Gasteiger partial charge in [0.2, 0.25) is 0 Å². The molecule has 0 aliphatic carbocycles. The van der Waals surface area contributed by atoms with E-state index in [0.717, 1.165) is 34.3 Å². The van der Waals surface area contributed by atoms with Gasteiger partial charge in [0.15, 0.2) is 5.17 Å². The Kier molecular flexibility index (Phi) is 5.60. The zero-order chi connectivity index (χ0) is 22.1. The quantitative estimate of drug-likeness (QED) is 0.353. The molecule has 2 heterocycles. The van der Waals surface area contributed by atoms with Gasteiger partial charge >= 0.3 is 0 Å². The fourth-order valence-electron chi connectivity index (χ4n) is 3.78. The first-order valence-corrected chi connectivity index (χ1v) is 11.4. The number of rotatable bonds is 4. The monoisotopic (exact) mass is 457 g/mol. The number of para-hydroxylation sites is 1. The van der Waals surface area contributed by atoms with Crippen molar-refractivity contribution in [3.05, 3.63) is 106 Å². The molecule has 1 aliphatic heterocycles. The van der Waals surface area contributed by atoms with Crippen LogP contribution in [0.15, 0.2) is 88.9 Å². The molecule has 4 nitrogen and oxygen atoms in total. The number of carbonyl (C=O) groups is 1. The molecule has 1 amide bonds. The lowest BCUT2D eigenvalue weighted by atomic mass is 10.1. The lowest BCUT2D eigenvalue weighted by Crippen LogP contribution is -2.19. The van der Waals surface area contributed by atoms with Gasteiger partial charge in [-0.1, -0.05) is 60.1 Å². The summed E-state index contributed by atoms with van der Waals surface area (Å²) in [5.74, 6) is -0.139. The number of aromatic nitrogens is 1. The zero-order valence-corrected chi connectivity index (χ0v) is 19.0. The lowest BCUT2D eigenvalue weighted by Gasteiger charge is -2.05. The normalized spacial score (nSPS) is 16.2. The van der Waals surface area contributed by atoms with Crippen molar-refractivity contribution in [1.29, 1.82) is 0 Å². The van der Waals surface area contributed by atoms with Gasteiger partial charge in [0.05, 0.1) is 10.6 Å². The van der Waals surface area contributed by atoms with E-state index < -0.39 is 0 Å². The Morgan fingerprint density at radius 3 is 2.66 bits per heavy atom. The molecular weight excluding hydrogens is 438 g/mol. The number of amides is 1. The first-order valence-electron chi connectivity index (χ1n) is 10.2. The number of halogens is 1. The van der Waals surface area contributed by atoms with Crippen molar-refractivity contribution in [3.8, 4) is 0 Å². The van der Waals surface area contributed by atoms with Crippen molar-refractivity contribution in [3.63, 3.8) is 0 Å². The Morgan fingerprint density at radius 1 is 1.06 bits per heavy atom. The molecule has 1 N–H and O–H groups in total. The van der Waals surface area contributed by atoms with Gasteiger partial charge in [-0.2, -0.15) is 0 Å². The molecule has 0 unspecified atom stereocenters. The molecule has 1 aliphatic rings. The molecule has 0 bridgehead atoms. The third kappa shape index (κ3) is 4.22. The minimum atomic E-state index is -0.139. The summed E-state index contributed by atoms with van der Waals surface area (Å²) in [6.07, 6.45) is 4.05. The van der Waals surface area contributed by atoms with Gasteiger partial charge in [-0.3, -0.25) is 4.79 Å². The molecule has 1 saturated heterocycles. The smallest absolute Gasteiger partial charge is 0.264 e. The summed E-state index contributed by atoms with van der Waals surface area (Å²) < 4.78 is 2.22. The molecule has 3 aromatic carbocycles. The van der Waals surface area contributed by atoms with Gasteiger partial charge < -0.3 is 9.88 Å². The highest BCUT2D eigenvalue weighted by Gasteiger charge is 2.24. The van der Waals surface area contributed by atoms with Gasteiger partial charge in [0, 0.05) is 34.2 Å². The number of carbonyl (C=O) groups excluding carboxylic acids is 1. The molecule has 4 aromatic rings. The molecular formula is C26H20ClN3OS. The molecule has 6 heteroatoms. The SMILES string of the molecule is Cc1cc(Cl)ccc1N=C1NC(=O)/C(=C/c2cn(Cc3ccccc3)c3ccccc23)S1. The summed E-state index contributed by atoms with van der Waals surface area (Å²) in [6, 6.07) is 24.1. The number of amidine groups is 1. The van der Waals surface area contributed by atoms with Crippen molar-refractivity contribution < 1.29 is 4.79 Å².